The average molecular weight is 462 g/mol. The average Bonchev–Trinajstić information content (AvgIpc) is 3.49. The van der Waals surface area contributed by atoms with E-state index in [1.54, 1.807) is 40.4 Å². The summed E-state index contributed by atoms with van der Waals surface area (Å²) in [5.74, 6) is 0.849. The van der Waals surface area contributed by atoms with Crippen LogP contribution in [-0.4, -0.2) is 56.5 Å². The lowest BCUT2D eigenvalue weighted by atomic mass is 10.1. The summed E-state index contributed by atoms with van der Waals surface area (Å²) >= 11 is 1.73. The number of nitrogens with zero attached hydrogens (tertiary/aromatic N) is 5. The molecule has 0 bridgehead atoms. The minimum absolute atomic E-state index is 0.0467. The molecule has 1 aliphatic rings. The lowest BCUT2D eigenvalue weighted by Gasteiger charge is -2.31. The van der Waals surface area contributed by atoms with Crippen LogP contribution in [-0.2, 0) is 13.1 Å². The number of amides is 1. The first-order valence-electron chi connectivity index (χ1n) is 11.2. The van der Waals surface area contributed by atoms with Gasteiger partial charge in [-0.3, -0.25) is 9.69 Å². The second-order valence-corrected chi connectivity index (χ2v) is 9.29. The number of hydrogen-bond acceptors (Lipinski definition) is 6. The van der Waals surface area contributed by atoms with Gasteiger partial charge in [0.25, 0.3) is 5.91 Å². The zero-order chi connectivity index (χ0) is 22.6. The van der Waals surface area contributed by atoms with Crippen molar-refractivity contribution >= 4 is 22.9 Å². The van der Waals surface area contributed by atoms with Gasteiger partial charge in [0.2, 0.25) is 0 Å². The molecule has 0 saturated carbocycles. The molecule has 1 saturated heterocycles. The monoisotopic (exact) mass is 461 g/mol. The Hall–Kier alpha value is -3.23. The topological polar surface area (TPSA) is 63.0 Å². The fourth-order valence-electron chi connectivity index (χ4n) is 4.24. The summed E-state index contributed by atoms with van der Waals surface area (Å²) in [5.41, 5.74) is 3.70. The predicted octanol–water partition coefficient (Wildman–Crippen LogP) is 4.11. The molecule has 33 heavy (non-hydrogen) atoms. The van der Waals surface area contributed by atoms with Crippen LogP contribution >= 0.6 is 11.3 Å². The van der Waals surface area contributed by atoms with Crippen molar-refractivity contribution in [3.8, 4) is 5.75 Å². The summed E-state index contributed by atoms with van der Waals surface area (Å²) in [6, 6.07) is 14.1. The number of rotatable bonds is 7. The molecule has 0 spiro atoms. The third-order valence-corrected chi connectivity index (χ3v) is 6.60. The first kappa shape index (κ1) is 21.6. The maximum atomic E-state index is 12.9. The van der Waals surface area contributed by atoms with E-state index in [-0.39, 0.29) is 12.0 Å². The smallest absolute Gasteiger partial charge is 0.274 e. The molecule has 8 heteroatoms. The number of carbonyl (C=O) groups excluding carboxylic acids is 1. The molecule has 0 atom stereocenters. The van der Waals surface area contributed by atoms with Gasteiger partial charge in [0.15, 0.2) is 11.3 Å². The van der Waals surface area contributed by atoms with Crippen LogP contribution < -0.4 is 4.74 Å². The fourth-order valence-corrected chi connectivity index (χ4v) is 4.90. The summed E-state index contributed by atoms with van der Waals surface area (Å²) < 4.78 is 7.91. The van der Waals surface area contributed by atoms with Gasteiger partial charge in [-0.05, 0) is 53.2 Å². The highest BCUT2D eigenvalue weighted by Gasteiger charge is 2.26. The molecule has 4 heterocycles. The van der Waals surface area contributed by atoms with Crippen LogP contribution in [0.5, 0.6) is 5.75 Å². The van der Waals surface area contributed by atoms with Gasteiger partial charge >= 0.3 is 0 Å². The molecular weight excluding hydrogens is 434 g/mol. The van der Waals surface area contributed by atoms with E-state index in [2.05, 4.69) is 57.1 Å². The van der Waals surface area contributed by atoms with Gasteiger partial charge in [0.1, 0.15) is 11.9 Å². The second-order valence-electron chi connectivity index (χ2n) is 8.51. The Bertz CT molecular complexity index is 1180. The van der Waals surface area contributed by atoms with Gasteiger partial charge in [-0.1, -0.05) is 12.1 Å². The molecule has 0 unspecified atom stereocenters. The molecule has 4 aromatic rings. The fraction of sp³-hybridized carbons (Fsp3) is 0.320. The first-order chi connectivity index (χ1) is 16.1. The van der Waals surface area contributed by atoms with Gasteiger partial charge in [-0.15, -0.1) is 0 Å². The van der Waals surface area contributed by atoms with Crippen LogP contribution in [0.3, 0.4) is 0 Å². The molecule has 5 rings (SSSR count). The van der Waals surface area contributed by atoms with Crippen molar-refractivity contribution in [2.45, 2.75) is 32.0 Å². The Morgan fingerprint density at radius 2 is 2.00 bits per heavy atom. The van der Waals surface area contributed by atoms with Crippen LogP contribution in [0.2, 0.25) is 0 Å². The molecule has 1 amide bonds. The van der Waals surface area contributed by atoms with Crippen molar-refractivity contribution in [2.24, 2.45) is 0 Å². The van der Waals surface area contributed by atoms with Crippen LogP contribution in [0, 0.1) is 0 Å². The normalized spacial score (nSPS) is 14.8. The Balaban J connectivity index is 1.14. The van der Waals surface area contributed by atoms with Gasteiger partial charge in [0, 0.05) is 57.5 Å². The van der Waals surface area contributed by atoms with E-state index in [0.29, 0.717) is 24.4 Å². The molecule has 1 aromatic carbocycles. The van der Waals surface area contributed by atoms with E-state index >= 15 is 0 Å². The molecule has 170 valence electrons. The van der Waals surface area contributed by atoms with E-state index < -0.39 is 0 Å². The third-order valence-electron chi connectivity index (χ3n) is 5.87. The zero-order valence-electron chi connectivity index (χ0n) is 18.6. The highest BCUT2D eigenvalue weighted by atomic mass is 32.1. The van der Waals surface area contributed by atoms with Gasteiger partial charge in [-0.2, -0.15) is 16.4 Å². The van der Waals surface area contributed by atoms with Crippen molar-refractivity contribution in [1.29, 1.82) is 0 Å². The van der Waals surface area contributed by atoms with Crippen molar-refractivity contribution in [3.05, 3.63) is 82.4 Å². The third kappa shape index (κ3) is 5.23. The lowest BCUT2D eigenvalue weighted by Crippen LogP contribution is -2.42. The minimum atomic E-state index is -0.0467. The highest BCUT2D eigenvalue weighted by molar-refractivity contribution is 7.07. The molecule has 1 aliphatic heterocycles. The van der Waals surface area contributed by atoms with E-state index in [9.17, 15) is 4.79 Å². The number of likely N-dealkylation sites (tertiary alicyclic amines) is 1. The maximum Gasteiger partial charge on any atom is 0.274 e. The number of fused-ring (bicyclic) bond motifs is 1. The molecule has 0 N–H and O–H groups in total. The standard InChI is InChI=1S/C25H27N5O2S/c1-28(17-20-8-13-33-18-20)16-19-4-2-5-22(14-19)32-21-6-11-29(12-7-21)25(31)23-15-24-26-9-3-10-30(24)27-23/h2-5,8-10,13-15,18,21H,6-7,11-12,16-17H2,1H3. The van der Waals surface area contributed by atoms with Crippen molar-refractivity contribution in [2.75, 3.05) is 20.1 Å². The lowest BCUT2D eigenvalue weighted by molar-refractivity contribution is 0.0589. The van der Waals surface area contributed by atoms with Gasteiger partial charge in [0.05, 0.1) is 0 Å². The van der Waals surface area contributed by atoms with E-state index in [1.165, 1.54) is 11.1 Å². The quantitative estimate of drug-likeness (QED) is 0.415. The van der Waals surface area contributed by atoms with Crippen molar-refractivity contribution in [3.63, 3.8) is 0 Å². The highest BCUT2D eigenvalue weighted by Crippen LogP contribution is 2.22. The summed E-state index contributed by atoms with van der Waals surface area (Å²) in [6.45, 7) is 3.12. The first-order valence-corrected chi connectivity index (χ1v) is 12.1. The Kier molecular flexibility index (Phi) is 6.37. The van der Waals surface area contributed by atoms with E-state index in [1.807, 2.05) is 11.0 Å². The van der Waals surface area contributed by atoms with E-state index in [0.717, 1.165) is 31.7 Å². The number of carbonyl (C=O) groups is 1. The van der Waals surface area contributed by atoms with Crippen LogP contribution in [0.4, 0.5) is 0 Å². The summed E-state index contributed by atoms with van der Waals surface area (Å²) in [7, 11) is 2.14. The van der Waals surface area contributed by atoms with Crippen molar-refractivity contribution < 1.29 is 9.53 Å². The maximum absolute atomic E-state index is 12.9. The Morgan fingerprint density at radius 3 is 2.79 bits per heavy atom. The number of aromatic nitrogens is 3. The molecule has 3 aromatic heterocycles. The Morgan fingerprint density at radius 1 is 1.15 bits per heavy atom. The molecule has 0 aliphatic carbocycles. The number of ether oxygens (including phenoxy) is 1. The number of piperidine rings is 1. The summed E-state index contributed by atoms with van der Waals surface area (Å²) in [6.07, 6.45) is 5.22. The largest absolute Gasteiger partial charge is 0.490 e. The predicted molar refractivity (Wildman–Crippen MR) is 128 cm³/mol. The molecule has 0 radical (unpaired) electrons. The van der Waals surface area contributed by atoms with Gasteiger partial charge in [-0.25, -0.2) is 9.50 Å². The minimum Gasteiger partial charge on any atom is -0.490 e. The van der Waals surface area contributed by atoms with Crippen LogP contribution in [0.25, 0.3) is 5.65 Å². The number of thiophene rings is 1. The van der Waals surface area contributed by atoms with E-state index in [4.69, 9.17) is 4.74 Å². The Labute approximate surface area is 197 Å². The molecule has 1 fully saturated rings. The SMILES string of the molecule is CN(Cc1ccsc1)Cc1cccc(OC2CCN(C(=O)c3cc4ncccn4n3)CC2)c1. The number of benzene rings is 1. The summed E-state index contributed by atoms with van der Waals surface area (Å²) in [4.78, 5) is 21.3. The second kappa shape index (κ2) is 9.72. The number of hydrogen-bond donors (Lipinski definition) is 0. The zero-order valence-corrected chi connectivity index (χ0v) is 19.4. The van der Waals surface area contributed by atoms with Crippen LogP contribution in [0.15, 0.2) is 65.6 Å². The molecule has 7 nitrogen and oxygen atoms in total. The summed E-state index contributed by atoms with van der Waals surface area (Å²) in [5, 5.41) is 8.67. The van der Waals surface area contributed by atoms with Crippen LogP contribution in [0.1, 0.15) is 34.5 Å². The molecular formula is C25H27N5O2S. The van der Waals surface area contributed by atoms with Gasteiger partial charge < -0.3 is 9.64 Å². The van der Waals surface area contributed by atoms with Crippen molar-refractivity contribution in [1.82, 2.24) is 24.4 Å².